The topological polar surface area (TPSA) is 98.5 Å². The number of hydrogen-bond acceptors (Lipinski definition) is 5. The maximum absolute atomic E-state index is 11.7. The lowest BCUT2D eigenvalue weighted by Gasteiger charge is -2.06. The van der Waals surface area contributed by atoms with E-state index in [-0.39, 0.29) is 10.6 Å². The zero-order valence-electron chi connectivity index (χ0n) is 11.4. The summed E-state index contributed by atoms with van der Waals surface area (Å²) in [6, 6.07) is 3.55. The molecule has 0 fully saturated rings. The third kappa shape index (κ3) is 5.39. The molecule has 1 aromatic carbocycles. The Balaban J connectivity index is 2.58. The van der Waals surface area contributed by atoms with E-state index in [4.69, 9.17) is 16.3 Å². The van der Waals surface area contributed by atoms with Crippen LogP contribution in [0.3, 0.4) is 0 Å². The Hall–Kier alpha value is -2.15. The number of amides is 1. The molecule has 1 rings (SSSR count). The van der Waals surface area contributed by atoms with Gasteiger partial charge in [-0.3, -0.25) is 14.9 Å². The fourth-order valence-electron chi connectivity index (χ4n) is 1.45. The van der Waals surface area contributed by atoms with Crippen molar-refractivity contribution < 1.29 is 19.2 Å². The van der Waals surface area contributed by atoms with Gasteiger partial charge in [0.1, 0.15) is 5.02 Å². The minimum absolute atomic E-state index is 0.0348. The van der Waals surface area contributed by atoms with Crippen LogP contribution in [0.2, 0.25) is 5.02 Å². The summed E-state index contributed by atoms with van der Waals surface area (Å²) in [5, 5.41) is 13.2. The number of ether oxygens (including phenoxy) is 1. The van der Waals surface area contributed by atoms with Gasteiger partial charge in [-0.15, -0.1) is 0 Å². The first-order valence-corrected chi connectivity index (χ1v) is 6.71. The molecule has 0 bridgehead atoms. The van der Waals surface area contributed by atoms with Crippen LogP contribution in [0.4, 0.5) is 5.69 Å². The molecule has 0 saturated heterocycles. The van der Waals surface area contributed by atoms with Crippen molar-refractivity contribution in [2.24, 2.45) is 0 Å². The number of carbonyl (C=O) groups is 2. The number of rotatable bonds is 7. The largest absolute Gasteiger partial charge is 0.452 e. The number of unbranched alkanes of at least 4 members (excludes halogenated alkanes) is 1. The molecule has 0 aromatic heterocycles. The molecule has 7 nitrogen and oxygen atoms in total. The Morgan fingerprint density at radius 3 is 2.76 bits per heavy atom. The van der Waals surface area contributed by atoms with Crippen molar-refractivity contribution in [3.05, 3.63) is 38.9 Å². The molecular formula is C13H15ClN2O5. The van der Waals surface area contributed by atoms with E-state index in [1.807, 2.05) is 6.92 Å². The summed E-state index contributed by atoms with van der Waals surface area (Å²) >= 11 is 5.64. The van der Waals surface area contributed by atoms with E-state index >= 15 is 0 Å². The summed E-state index contributed by atoms with van der Waals surface area (Å²) in [4.78, 5) is 33.1. The van der Waals surface area contributed by atoms with Gasteiger partial charge in [-0.25, -0.2) is 4.79 Å². The van der Waals surface area contributed by atoms with Crippen LogP contribution in [0.25, 0.3) is 0 Å². The van der Waals surface area contributed by atoms with Gasteiger partial charge in [-0.1, -0.05) is 24.9 Å². The summed E-state index contributed by atoms with van der Waals surface area (Å²) in [5.41, 5.74) is -0.425. The maximum Gasteiger partial charge on any atom is 0.338 e. The number of nitro groups is 1. The molecule has 1 N–H and O–H groups in total. The number of nitrogens with one attached hydrogen (secondary N) is 1. The van der Waals surface area contributed by atoms with Gasteiger partial charge in [0.25, 0.3) is 11.6 Å². The average molecular weight is 315 g/mol. The van der Waals surface area contributed by atoms with Gasteiger partial charge in [0, 0.05) is 12.6 Å². The normalized spacial score (nSPS) is 10.0. The fraction of sp³-hybridized carbons (Fsp3) is 0.385. The molecule has 0 spiro atoms. The summed E-state index contributed by atoms with van der Waals surface area (Å²) < 4.78 is 4.78. The highest BCUT2D eigenvalue weighted by atomic mass is 35.5. The van der Waals surface area contributed by atoms with Crippen molar-refractivity contribution in [1.82, 2.24) is 5.32 Å². The van der Waals surface area contributed by atoms with Crippen LogP contribution in [-0.4, -0.2) is 30.0 Å². The number of nitro benzene ring substituents is 1. The minimum Gasteiger partial charge on any atom is -0.452 e. The molecule has 0 heterocycles. The monoisotopic (exact) mass is 314 g/mol. The molecule has 0 aliphatic carbocycles. The third-order valence-electron chi connectivity index (χ3n) is 2.57. The zero-order chi connectivity index (χ0) is 15.8. The number of hydrogen-bond donors (Lipinski definition) is 1. The lowest BCUT2D eigenvalue weighted by atomic mass is 10.2. The van der Waals surface area contributed by atoms with Crippen molar-refractivity contribution in [3.8, 4) is 0 Å². The third-order valence-corrected chi connectivity index (χ3v) is 2.89. The zero-order valence-corrected chi connectivity index (χ0v) is 12.2. The van der Waals surface area contributed by atoms with Gasteiger partial charge in [-0.2, -0.15) is 0 Å². The Bertz CT molecular complexity index is 547. The van der Waals surface area contributed by atoms with E-state index in [0.717, 1.165) is 18.9 Å². The number of benzene rings is 1. The van der Waals surface area contributed by atoms with Gasteiger partial charge in [-0.05, 0) is 18.6 Å². The number of nitrogens with zero attached hydrogens (tertiary/aromatic N) is 1. The lowest BCUT2D eigenvalue weighted by molar-refractivity contribution is -0.384. The summed E-state index contributed by atoms with van der Waals surface area (Å²) in [5.74, 6) is -1.24. The molecular weight excluding hydrogens is 300 g/mol. The average Bonchev–Trinajstić information content (AvgIpc) is 2.45. The van der Waals surface area contributed by atoms with Gasteiger partial charge in [0.05, 0.1) is 10.5 Å². The van der Waals surface area contributed by atoms with E-state index in [1.54, 1.807) is 0 Å². The van der Waals surface area contributed by atoms with Crippen LogP contribution in [-0.2, 0) is 9.53 Å². The Morgan fingerprint density at radius 2 is 2.14 bits per heavy atom. The second-order valence-electron chi connectivity index (χ2n) is 4.20. The first kappa shape index (κ1) is 16.9. The molecule has 8 heteroatoms. The lowest BCUT2D eigenvalue weighted by Crippen LogP contribution is -2.29. The molecule has 21 heavy (non-hydrogen) atoms. The standard InChI is InChI=1S/C13H15ClN2O5/c1-2-3-6-15-12(17)8-21-13(18)9-4-5-10(14)11(7-9)16(19)20/h4-5,7H,2-3,6,8H2,1H3,(H,15,17). The van der Waals surface area contributed by atoms with Crippen LogP contribution in [0.5, 0.6) is 0 Å². The van der Waals surface area contributed by atoms with Gasteiger partial charge in [0.2, 0.25) is 0 Å². The molecule has 0 aliphatic heterocycles. The molecule has 1 amide bonds. The summed E-state index contributed by atoms with van der Waals surface area (Å²) in [6.45, 7) is 2.07. The van der Waals surface area contributed by atoms with E-state index in [9.17, 15) is 19.7 Å². The molecule has 0 radical (unpaired) electrons. The summed E-state index contributed by atoms with van der Waals surface area (Å²) in [6.07, 6.45) is 1.78. The number of halogens is 1. The first-order chi connectivity index (χ1) is 9.95. The highest BCUT2D eigenvalue weighted by Crippen LogP contribution is 2.25. The SMILES string of the molecule is CCCCNC(=O)COC(=O)c1ccc(Cl)c([N+](=O)[O-])c1. The number of carbonyl (C=O) groups excluding carboxylic acids is 2. The van der Waals surface area contributed by atoms with Crippen LogP contribution < -0.4 is 5.32 Å². The predicted octanol–water partition coefficient (Wildman–Crippen LogP) is 2.32. The maximum atomic E-state index is 11.7. The van der Waals surface area contributed by atoms with Crippen molar-refractivity contribution in [3.63, 3.8) is 0 Å². The van der Waals surface area contributed by atoms with Gasteiger partial charge >= 0.3 is 5.97 Å². The molecule has 0 unspecified atom stereocenters. The van der Waals surface area contributed by atoms with Crippen molar-refractivity contribution in [1.29, 1.82) is 0 Å². The van der Waals surface area contributed by atoms with Crippen LogP contribution >= 0.6 is 11.6 Å². The van der Waals surface area contributed by atoms with Crippen LogP contribution in [0.15, 0.2) is 18.2 Å². The first-order valence-electron chi connectivity index (χ1n) is 6.33. The molecule has 114 valence electrons. The van der Waals surface area contributed by atoms with Gasteiger partial charge < -0.3 is 10.1 Å². The Kier molecular flexibility index (Phi) is 6.61. The van der Waals surface area contributed by atoms with Crippen molar-refractivity contribution >= 4 is 29.2 Å². The second kappa shape index (κ2) is 8.21. The highest BCUT2D eigenvalue weighted by Gasteiger charge is 2.17. The molecule has 0 aliphatic rings. The van der Waals surface area contributed by atoms with Crippen molar-refractivity contribution in [2.75, 3.05) is 13.2 Å². The van der Waals surface area contributed by atoms with E-state index in [1.165, 1.54) is 12.1 Å². The predicted molar refractivity (Wildman–Crippen MR) is 76.3 cm³/mol. The van der Waals surface area contributed by atoms with Gasteiger partial charge in [0.15, 0.2) is 6.61 Å². The van der Waals surface area contributed by atoms with Crippen molar-refractivity contribution in [2.45, 2.75) is 19.8 Å². The molecule has 0 saturated carbocycles. The Morgan fingerprint density at radius 1 is 1.43 bits per heavy atom. The quantitative estimate of drug-likeness (QED) is 0.360. The molecule has 0 atom stereocenters. The Labute approximate surface area is 126 Å². The second-order valence-corrected chi connectivity index (χ2v) is 4.61. The van der Waals surface area contributed by atoms with Crippen LogP contribution in [0, 0.1) is 10.1 Å². The van der Waals surface area contributed by atoms with E-state index in [2.05, 4.69) is 5.32 Å². The highest BCUT2D eigenvalue weighted by molar-refractivity contribution is 6.32. The van der Waals surface area contributed by atoms with Crippen LogP contribution in [0.1, 0.15) is 30.1 Å². The molecule has 1 aromatic rings. The summed E-state index contributed by atoms with van der Waals surface area (Å²) in [7, 11) is 0. The number of esters is 1. The smallest absolute Gasteiger partial charge is 0.338 e. The minimum atomic E-state index is -0.819. The van der Waals surface area contributed by atoms with E-state index in [0.29, 0.717) is 6.54 Å². The fourth-order valence-corrected chi connectivity index (χ4v) is 1.64. The van der Waals surface area contributed by atoms with E-state index < -0.39 is 29.1 Å².